The third kappa shape index (κ3) is 2.17. The summed E-state index contributed by atoms with van der Waals surface area (Å²) in [4.78, 5) is 10.8. The number of hydrogen-bond donors (Lipinski definition) is 2. The van der Waals surface area contributed by atoms with E-state index in [2.05, 4.69) is 0 Å². The van der Waals surface area contributed by atoms with E-state index < -0.39 is 12.1 Å². The van der Waals surface area contributed by atoms with Crippen LogP contribution >= 0.6 is 0 Å². The monoisotopic (exact) mass is 240 g/mol. The number of aliphatic hydroxyl groups excluding tert-OH is 1. The first-order valence-electron chi connectivity index (χ1n) is 4.95. The van der Waals surface area contributed by atoms with E-state index >= 15 is 0 Å². The van der Waals surface area contributed by atoms with Crippen LogP contribution in [0.3, 0.4) is 0 Å². The van der Waals surface area contributed by atoms with Crippen molar-refractivity contribution >= 4 is 5.97 Å². The van der Waals surface area contributed by atoms with Crippen LogP contribution in [0.5, 0.6) is 11.5 Å². The standard InChI is InChI=1S/C11H12O6/c1-15-4-6-2-8-9(17-5-16-8)3-7(6)10(12)11(13)14/h2-3,10,12H,4-5H2,1H3,(H,13,14). The number of ether oxygens (including phenoxy) is 3. The zero-order valence-electron chi connectivity index (χ0n) is 9.17. The lowest BCUT2D eigenvalue weighted by Crippen LogP contribution is -2.13. The van der Waals surface area contributed by atoms with Crippen molar-refractivity contribution in [3.8, 4) is 11.5 Å². The molecule has 1 heterocycles. The summed E-state index contributed by atoms with van der Waals surface area (Å²) in [5, 5.41) is 18.4. The molecule has 1 unspecified atom stereocenters. The minimum absolute atomic E-state index is 0.0916. The van der Waals surface area contributed by atoms with E-state index in [1.165, 1.54) is 13.2 Å². The number of aliphatic hydroxyl groups is 1. The lowest BCUT2D eigenvalue weighted by Gasteiger charge is -2.12. The molecule has 1 atom stereocenters. The summed E-state index contributed by atoms with van der Waals surface area (Å²) < 4.78 is 15.3. The van der Waals surface area contributed by atoms with Crippen LogP contribution in [-0.2, 0) is 16.1 Å². The minimum atomic E-state index is -1.60. The highest BCUT2D eigenvalue weighted by molar-refractivity contribution is 5.75. The predicted octanol–water partition coefficient (Wildman–Crippen LogP) is 0.680. The Kier molecular flexibility index (Phi) is 3.16. The van der Waals surface area contributed by atoms with Gasteiger partial charge in [0.1, 0.15) is 0 Å². The Morgan fingerprint density at radius 3 is 2.71 bits per heavy atom. The van der Waals surface area contributed by atoms with Crippen molar-refractivity contribution in [2.24, 2.45) is 0 Å². The maximum atomic E-state index is 10.8. The first-order chi connectivity index (χ1) is 8.13. The summed E-state index contributed by atoms with van der Waals surface area (Å²) in [7, 11) is 1.49. The van der Waals surface area contributed by atoms with Gasteiger partial charge in [-0.05, 0) is 17.7 Å². The van der Waals surface area contributed by atoms with Crippen molar-refractivity contribution in [1.82, 2.24) is 0 Å². The topological polar surface area (TPSA) is 85.2 Å². The first kappa shape index (κ1) is 11.7. The van der Waals surface area contributed by atoms with Crippen molar-refractivity contribution < 1.29 is 29.2 Å². The van der Waals surface area contributed by atoms with E-state index in [9.17, 15) is 9.90 Å². The molecule has 1 aliphatic heterocycles. The Hall–Kier alpha value is -1.79. The predicted molar refractivity (Wildman–Crippen MR) is 55.9 cm³/mol. The van der Waals surface area contributed by atoms with Crippen LogP contribution in [0.1, 0.15) is 17.2 Å². The number of fused-ring (bicyclic) bond motifs is 1. The van der Waals surface area contributed by atoms with Gasteiger partial charge in [0, 0.05) is 12.7 Å². The van der Waals surface area contributed by atoms with Gasteiger partial charge in [0.25, 0.3) is 0 Å². The summed E-state index contributed by atoms with van der Waals surface area (Å²) in [6, 6.07) is 3.09. The number of carboxylic acid groups (broad SMARTS) is 1. The molecule has 0 amide bonds. The summed E-state index contributed by atoms with van der Waals surface area (Å²) in [6.07, 6.45) is -1.60. The van der Waals surface area contributed by atoms with Crippen LogP contribution in [-0.4, -0.2) is 30.1 Å². The highest BCUT2D eigenvalue weighted by atomic mass is 16.7. The van der Waals surface area contributed by atoms with Crippen LogP contribution < -0.4 is 9.47 Å². The molecule has 0 bridgehead atoms. The van der Waals surface area contributed by atoms with Gasteiger partial charge in [0.15, 0.2) is 17.6 Å². The molecule has 92 valence electrons. The molecule has 0 saturated carbocycles. The van der Waals surface area contributed by atoms with Crippen LogP contribution in [0, 0.1) is 0 Å². The average molecular weight is 240 g/mol. The van der Waals surface area contributed by atoms with Gasteiger partial charge in [-0.15, -0.1) is 0 Å². The van der Waals surface area contributed by atoms with E-state index in [0.717, 1.165) is 0 Å². The van der Waals surface area contributed by atoms with Crippen molar-refractivity contribution in [2.45, 2.75) is 12.7 Å². The zero-order chi connectivity index (χ0) is 12.4. The number of benzene rings is 1. The number of rotatable bonds is 4. The molecule has 2 N–H and O–H groups in total. The first-order valence-corrected chi connectivity index (χ1v) is 4.95. The van der Waals surface area contributed by atoms with Gasteiger partial charge in [-0.1, -0.05) is 0 Å². The van der Waals surface area contributed by atoms with Gasteiger partial charge >= 0.3 is 5.97 Å². The fourth-order valence-electron chi connectivity index (χ4n) is 1.67. The Bertz CT molecular complexity index is 442. The lowest BCUT2D eigenvalue weighted by atomic mass is 10.0. The Labute approximate surface area is 97.3 Å². The zero-order valence-corrected chi connectivity index (χ0v) is 9.17. The number of carboxylic acids is 1. The quantitative estimate of drug-likeness (QED) is 0.805. The molecule has 0 radical (unpaired) electrons. The Balaban J connectivity index is 2.44. The van der Waals surface area contributed by atoms with Gasteiger partial charge in [-0.2, -0.15) is 0 Å². The van der Waals surface area contributed by atoms with Gasteiger partial charge in [-0.3, -0.25) is 0 Å². The molecule has 1 aromatic carbocycles. The van der Waals surface area contributed by atoms with Crippen LogP contribution in [0.25, 0.3) is 0 Å². The second kappa shape index (κ2) is 4.60. The smallest absolute Gasteiger partial charge is 0.337 e. The second-order valence-electron chi connectivity index (χ2n) is 3.58. The van der Waals surface area contributed by atoms with Gasteiger partial charge < -0.3 is 24.4 Å². The fraction of sp³-hybridized carbons (Fsp3) is 0.364. The fourth-order valence-corrected chi connectivity index (χ4v) is 1.67. The van der Waals surface area contributed by atoms with Crippen molar-refractivity contribution in [2.75, 3.05) is 13.9 Å². The molecule has 17 heavy (non-hydrogen) atoms. The van der Waals surface area contributed by atoms with Crippen molar-refractivity contribution in [3.63, 3.8) is 0 Å². The molecule has 1 aromatic rings. The Morgan fingerprint density at radius 2 is 2.12 bits per heavy atom. The molecule has 0 fully saturated rings. The van der Waals surface area contributed by atoms with E-state index in [-0.39, 0.29) is 19.0 Å². The van der Waals surface area contributed by atoms with E-state index in [1.807, 2.05) is 0 Å². The molecule has 2 rings (SSSR count). The van der Waals surface area contributed by atoms with E-state index in [4.69, 9.17) is 19.3 Å². The van der Waals surface area contributed by atoms with Crippen LogP contribution in [0.2, 0.25) is 0 Å². The largest absolute Gasteiger partial charge is 0.479 e. The molecular weight excluding hydrogens is 228 g/mol. The number of methoxy groups -OCH3 is 1. The molecule has 6 heteroatoms. The molecule has 0 spiro atoms. The van der Waals surface area contributed by atoms with Gasteiger partial charge in [-0.25, -0.2) is 4.79 Å². The summed E-state index contributed by atoms with van der Waals surface area (Å²) in [5.74, 6) is -0.361. The molecule has 1 aliphatic rings. The molecule has 0 aromatic heterocycles. The number of hydrogen-bond acceptors (Lipinski definition) is 5. The van der Waals surface area contributed by atoms with Gasteiger partial charge in [0.05, 0.1) is 6.61 Å². The second-order valence-corrected chi connectivity index (χ2v) is 3.58. The van der Waals surface area contributed by atoms with E-state index in [1.54, 1.807) is 6.07 Å². The van der Waals surface area contributed by atoms with Crippen LogP contribution in [0.4, 0.5) is 0 Å². The third-order valence-electron chi connectivity index (χ3n) is 2.46. The molecule has 6 nitrogen and oxygen atoms in total. The number of carbonyl (C=O) groups is 1. The highest BCUT2D eigenvalue weighted by Crippen LogP contribution is 2.37. The SMILES string of the molecule is COCc1cc2c(cc1C(O)C(=O)O)OCO2. The summed E-state index contributed by atoms with van der Waals surface area (Å²) >= 11 is 0. The van der Waals surface area contributed by atoms with Crippen LogP contribution in [0.15, 0.2) is 12.1 Å². The van der Waals surface area contributed by atoms with E-state index in [0.29, 0.717) is 17.1 Å². The molecule has 0 saturated heterocycles. The summed E-state index contributed by atoms with van der Waals surface area (Å²) in [5.41, 5.74) is 0.815. The maximum absolute atomic E-state index is 10.8. The summed E-state index contributed by atoms with van der Waals surface area (Å²) in [6.45, 7) is 0.282. The van der Waals surface area contributed by atoms with Crippen molar-refractivity contribution in [3.05, 3.63) is 23.3 Å². The van der Waals surface area contributed by atoms with Gasteiger partial charge in [0.2, 0.25) is 6.79 Å². The molecule has 0 aliphatic carbocycles. The third-order valence-corrected chi connectivity index (χ3v) is 2.46. The highest BCUT2D eigenvalue weighted by Gasteiger charge is 2.24. The average Bonchev–Trinajstić information content (AvgIpc) is 2.74. The molecular formula is C11H12O6. The lowest BCUT2D eigenvalue weighted by molar-refractivity contribution is -0.147. The normalized spacial score (nSPS) is 14.7. The maximum Gasteiger partial charge on any atom is 0.337 e. The minimum Gasteiger partial charge on any atom is -0.479 e. The van der Waals surface area contributed by atoms with Crippen molar-refractivity contribution in [1.29, 1.82) is 0 Å². The number of aliphatic carboxylic acids is 1. The Morgan fingerprint density at radius 1 is 1.47 bits per heavy atom.